The van der Waals surface area contributed by atoms with E-state index >= 15 is 0 Å². The summed E-state index contributed by atoms with van der Waals surface area (Å²) in [5.41, 5.74) is 7.19. The highest BCUT2D eigenvalue weighted by molar-refractivity contribution is 5.95. The molecule has 3 atom stereocenters. The van der Waals surface area contributed by atoms with E-state index in [0.29, 0.717) is 24.1 Å². The molecule has 4 N–H and O–H groups in total. The van der Waals surface area contributed by atoms with E-state index in [0.717, 1.165) is 25.9 Å². The van der Waals surface area contributed by atoms with Crippen LogP contribution < -0.4 is 10.6 Å². The molecule has 3 rings (SSSR count). The maximum Gasteiger partial charge on any atom is 0.252 e. The van der Waals surface area contributed by atoms with Gasteiger partial charge in [0.2, 0.25) is 0 Å². The van der Waals surface area contributed by atoms with Crippen molar-refractivity contribution in [1.82, 2.24) is 4.90 Å². The fourth-order valence-corrected chi connectivity index (χ4v) is 4.54. The van der Waals surface area contributed by atoms with E-state index in [1.165, 1.54) is 24.2 Å². The van der Waals surface area contributed by atoms with Crippen molar-refractivity contribution in [2.24, 2.45) is 11.7 Å². The number of nitrogens with zero attached hydrogens (tertiary/aromatic N) is 2. The Kier molecular flexibility index (Phi) is 7.34. The van der Waals surface area contributed by atoms with Crippen LogP contribution >= 0.6 is 0 Å². The summed E-state index contributed by atoms with van der Waals surface area (Å²) in [6, 6.07) is 15.4. The van der Waals surface area contributed by atoms with Crippen LogP contribution in [0.25, 0.3) is 0 Å². The van der Waals surface area contributed by atoms with Gasteiger partial charge in [0.1, 0.15) is 5.75 Å². The molecular formula is C24H33N3O3. The number of phenols is 1. The van der Waals surface area contributed by atoms with Gasteiger partial charge in [-0.15, -0.1) is 0 Å². The van der Waals surface area contributed by atoms with Gasteiger partial charge in [0.05, 0.1) is 11.7 Å². The second-order valence-electron chi connectivity index (χ2n) is 8.29. The van der Waals surface area contributed by atoms with Gasteiger partial charge in [0.15, 0.2) is 0 Å². The molecule has 0 bridgehead atoms. The molecule has 0 aromatic heterocycles. The number of aromatic hydroxyl groups is 1. The van der Waals surface area contributed by atoms with Crippen molar-refractivity contribution in [2.75, 3.05) is 31.6 Å². The average molecular weight is 412 g/mol. The lowest BCUT2D eigenvalue weighted by atomic mass is 10.0. The molecule has 2 aromatic carbocycles. The molecule has 30 heavy (non-hydrogen) atoms. The van der Waals surface area contributed by atoms with Crippen LogP contribution in [0, 0.1) is 5.92 Å². The number of amides is 1. The number of aliphatic hydroxyl groups is 1. The van der Waals surface area contributed by atoms with Crippen LogP contribution in [0.1, 0.15) is 48.2 Å². The monoisotopic (exact) mass is 411 g/mol. The minimum Gasteiger partial charge on any atom is -0.507 e. The third-order valence-corrected chi connectivity index (χ3v) is 6.24. The first-order valence-electron chi connectivity index (χ1n) is 10.7. The Morgan fingerprint density at radius 3 is 2.60 bits per heavy atom. The SMILES string of the molecule is CCN(CC(O)c1ccc(O)c(C(N)=O)c1)C1CCC(CN(C)c2ccccc2)C1. The van der Waals surface area contributed by atoms with E-state index in [2.05, 4.69) is 48.0 Å². The predicted octanol–water partition coefficient (Wildman–Crippen LogP) is 3.15. The minimum absolute atomic E-state index is 0.0412. The lowest BCUT2D eigenvalue weighted by Crippen LogP contribution is -2.37. The fraction of sp³-hybridized carbons (Fsp3) is 0.458. The Morgan fingerprint density at radius 2 is 1.93 bits per heavy atom. The fourth-order valence-electron chi connectivity index (χ4n) is 4.54. The standard InChI is InChI=1S/C24H33N3O3/c1-3-27(16-23(29)18-10-12-22(28)21(14-18)24(25)30)20-11-9-17(13-20)15-26(2)19-7-5-4-6-8-19/h4-8,10,12,14,17,20,23,28-29H,3,9,11,13,15-16H2,1-2H3,(H2,25,30). The van der Waals surface area contributed by atoms with E-state index in [-0.39, 0.29) is 11.3 Å². The van der Waals surface area contributed by atoms with Crippen LogP contribution in [0.4, 0.5) is 5.69 Å². The molecule has 1 amide bonds. The molecule has 1 fully saturated rings. The van der Waals surface area contributed by atoms with Crippen molar-refractivity contribution in [1.29, 1.82) is 0 Å². The molecule has 1 aliphatic carbocycles. The van der Waals surface area contributed by atoms with E-state index in [1.54, 1.807) is 6.07 Å². The summed E-state index contributed by atoms with van der Waals surface area (Å²) in [6.45, 7) is 4.48. The number of para-hydroxylation sites is 1. The molecule has 0 radical (unpaired) electrons. The van der Waals surface area contributed by atoms with Gasteiger partial charge in [-0.2, -0.15) is 0 Å². The number of nitrogens with two attached hydrogens (primary N) is 1. The summed E-state index contributed by atoms with van der Waals surface area (Å²) < 4.78 is 0. The van der Waals surface area contributed by atoms with Crippen molar-refractivity contribution >= 4 is 11.6 Å². The van der Waals surface area contributed by atoms with Gasteiger partial charge in [-0.3, -0.25) is 9.69 Å². The highest BCUT2D eigenvalue weighted by atomic mass is 16.3. The smallest absolute Gasteiger partial charge is 0.252 e. The Bertz CT molecular complexity index is 843. The molecular weight excluding hydrogens is 378 g/mol. The van der Waals surface area contributed by atoms with Crippen molar-refractivity contribution in [3.05, 3.63) is 59.7 Å². The highest BCUT2D eigenvalue weighted by Gasteiger charge is 2.30. The van der Waals surface area contributed by atoms with Crippen LogP contribution in [-0.4, -0.2) is 53.7 Å². The number of carbonyl (C=O) groups is 1. The van der Waals surface area contributed by atoms with Crippen LogP contribution in [0.2, 0.25) is 0 Å². The second kappa shape index (κ2) is 9.96. The summed E-state index contributed by atoms with van der Waals surface area (Å²) in [6.07, 6.45) is 2.67. The van der Waals surface area contributed by atoms with Crippen molar-refractivity contribution < 1.29 is 15.0 Å². The summed E-state index contributed by atoms with van der Waals surface area (Å²) in [5.74, 6) is -0.233. The number of anilines is 1. The molecule has 0 heterocycles. The number of hydrogen-bond acceptors (Lipinski definition) is 5. The quantitative estimate of drug-likeness (QED) is 0.590. The second-order valence-corrected chi connectivity index (χ2v) is 8.29. The summed E-state index contributed by atoms with van der Waals surface area (Å²) in [5, 5.41) is 20.5. The Morgan fingerprint density at radius 1 is 1.20 bits per heavy atom. The van der Waals surface area contributed by atoms with Crippen LogP contribution in [0.3, 0.4) is 0 Å². The molecule has 3 unspecified atom stereocenters. The molecule has 1 saturated carbocycles. The van der Waals surface area contributed by atoms with Gasteiger partial charge in [-0.05, 0) is 61.6 Å². The molecule has 0 aliphatic heterocycles. The molecule has 6 heteroatoms. The zero-order valence-electron chi connectivity index (χ0n) is 17.9. The first-order valence-corrected chi connectivity index (χ1v) is 10.7. The topological polar surface area (TPSA) is 90.0 Å². The van der Waals surface area contributed by atoms with Gasteiger partial charge in [-0.25, -0.2) is 0 Å². The zero-order chi connectivity index (χ0) is 21.7. The van der Waals surface area contributed by atoms with Gasteiger partial charge in [0.25, 0.3) is 5.91 Å². The van der Waals surface area contributed by atoms with Crippen molar-refractivity contribution in [2.45, 2.75) is 38.3 Å². The van der Waals surface area contributed by atoms with Gasteiger partial charge in [0, 0.05) is 31.9 Å². The number of likely N-dealkylation sites (N-methyl/N-ethyl adjacent to an activating group) is 1. The number of rotatable bonds is 9. The third-order valence-electron chi connectivity index (χ3n) is 6.24. The Labute approximate surface area is 178 Å². The maximum atomic E-state index is 11.5. The zero-order valence-corrected chi connectivity index (χ0v) is 17.9. The van der Waals surface area contributed by atoms with Crippen molar-refractivity contribution in [3.63, 3.8) is 0 Å². The Hall–Kier alpha value is -2.57. The summed E-state index contributed by atoms with van der Waals surface area (Å²) in [4.78, 5) is 16.1. The molecule has 162 valence electrons. The van der Waals surface area contributed by atoms with Gasteiger partial charge >= 0.3 is 0 Å². The first-order chi connectivity index (χ1) is 14.4. The lowest BCUT2D eigenvalue weighted by molar-refractivity contribution is 0.0900. The number of hydrogen-bond donors (Lipinski definition) is 3. The number of primary amides is 1. The largest absolute Gasteiger partial charge is 0.507 e. The molecule has 6 nitrogen and oxygen atoms in total. The normalized spacial score (nSPS) is 19.7. The summed E-state index contributed by atoms with van der Waals surface area (Å²) >= 11 is 0. The molecule has 0 spiro atoms. The number of carbonyl (C=O) groups excluding carboxylic acids is 1. The van der Waals surface area contributed by atoms with Crippen LogP contribution in [0.15, 0.2) is 48.5 Å². The lowest BCUT2D eigenvalue weighted by Gasteiger charge is -2.30. The van der Waals surface area contributed by atoms with E-state index < -0.39 is 12.0 Å². The number of benzene rings is 2. The molecule has 1 aliphatic rings. The highest BCUT2D eigenvalue weighted by Crippen LogP contribution is 2.32. The van der Waals surface area contributed by atoms with E-state index in [4.69, 9.17) is 5.73 Å². The van der Waals surface area contributed by atoms with Crippen LogP contribution in [0.5, 0.6) is 5.75 Å². The van der Waals surface area contributed by atoms with Gasteiger partial charge < -0.3 is 20.8 Å². The molecule has 0 saturated heterocycles. The maximum absolute atomic E-state index is 11.5. The minimum atomic E-state index is -0.741. The molecule has 2 aromatic rings. The Balaban J connectivity index is 1.59. The van der Waals surface area contributed by atoms with Gasteiger partial charge in [-0.1, -0.05) is 31.2 Å². The first kappa shape index (κ1) is 22.1. The predicted molar refractivity (Wildman–Crippen MR) is 120 cm³/mol. The van der Waals surface area contributed by atoms with Crippen LogP contribution in [-0.2, 0) is 0 Å². The van der Waals surface area contributed by atoms with Crippen molar-refractivity contribution in [3.8, 4) is 5.75 Å². The average Bonchev–Trinajstić information content (AvgIpc) is 3.20. The van der Waals surface area contributed by atoms with E-state index in [1.807, 2.05) is 6.07 Å². The summed E-state index contributed by atoms with van der Waals surface area (Å²) in [7, 11) is 2.14. The van der Waals surface area contributed by atoms with E-state index in [9.17, 15) is 15.0 Å². The third kappa shape index (κ3) is 5.32. The number of aliphatic hydroxyl groups excluding tert-OH is 1.